The summed E-state index contributed by atoms with van der Waals surface area (Å²) in [5.74, 6) is -1.51. The summed E-state index contributed by atoms with van der Waals surface area (Å²) in [6, 6.07) is 0. The van der Waals surface area contributed by atoms with Crippen LogP contribution in [0.3, 0.4) is 0 Å². The first-order chi connectivity index (χ1) is 10.0. The van der Waals surface area contributed by atoms with Crippen molar-refractivity contribution in [3.63, 3.8) is 0 Å². The van der Waals surface area contributed by atoms with Gasteiger partial charge in [-0.05, 0) is 27.2 Å². The fourth-order valence-electron chi connectivity index (χ4n) is 2.27. The Hall–Kier alpha value is -1.22. The van der Waals surface area contributed by atoms with Crippen molar-refractivity contribution in [3.8, 4) is 0 Å². The Morgan fingerprint density at radius 3 is 2.00 bits per heavy atom. The number of hydrogen-bond acceptors (Lipinski definition) is 5. The van der Waals surface area contributed by atoms with Gasteiger partial charge in [0, 0.05) is 38.5 Å². The fraction of sp³-hybridized carbons (Fsp3) is 0.692. The zero-order chi connectivity index (χ0) is 15.9. The lowest BCUT2D eigenvalue weighted by molar-refractivity contribution is -0.135. The Kier molecular flexibility index (Phi) is 7.03. The largest absolute Gasteiger partial charge is 0.524 e. The number of carboxylic acid groups (broad SMARTS) is 1. The second-order valence-corrected chi connectivity index (χ2v) is 7.15. The summed E-state index contributed by atoms with van der Waals surface area (Å²) in [5.41, 5.74) is -0.247. The smallest absolute Gasteiger partial charge is 0.478 e. The number of carbonyl (C=O) groups excluding carboxylic acids is 1. The van der Waals surface area contributed by atoms with Crippen LogP contribution in [-0.2, 0) is 22.9 Å². The van der Waals surface area contributed by atoms with Crippen molar-refractivity contribution in [1.82, 2.24) is 4.90 Å². The fourth-order valence-corrected chi connectivity index (χ4v) is 5.43. The minimum absolute atomic E-state index is 0.247. The molecule has 7 nitrogen and oxygen atoms in total. The third-order valence-electron chi connectivity index (χ3n) is 3.12. The summed E-state index contributed by atoms with van der Waals surface area (Å²) >= 11 is 0. The first-order valence-electron chi connectivity index (χ1n) is 7.14. The van der Waals surface area contributed by atoms with Crippen molar-refractivity contribution in [1.29, 1.82) is 0 Å². The van der Waals surface area contributed by atoms with Crippen LogP contribution in [0.15, 0.2) is 12.2 Å². The molecule has 0 aliphatic carbocycles. The zero-order valence-corrected chi connectivity index (χ0v) is 13.7. The van der Waals surface area contributed by atoms with E-state index in [0.717, 1.165) is 18.6 Å². The van der Waals surface area contributed by atoms with Crippen molar-refractivity contribution in [2.75, 3.05) is 26.4 Å². The van der Waals surface area contributed by atoms with Gasteiger partial charge in [-0.3, -0.25) is 4.79 Å². The molecule has 1 amide bonds. The van der Waals surface area contributed by atoms with Crippen molar-refractivity contribution >= 4 is 20.7 Å². The van der Waals surface area contributed by atoms with E-state index in [1.54, 1.807) is 4.90 Å². The van der Waals surface area contributed by atoms with Gasteiger partial charge in [0.2, 0.25) is 5.91 Å². The van der Waals surface area contributed by atoms with Gasteiger partial charge >= 0.3 is 14.8 Å². The third-order valence-corrected chi connectivity index (χ3v) is 6.61. The molecule has 0 spiro atoms. The van der Waals surface area contributed by atoms with Gasteiger partial charge in [-0.1, -0.05) is 0 Å². The quantitative estimate of drug-likeness (QED) is 0.500. The Bertz CT molecular complexity index is 383. The molecule has 0 radical (unpaired) electrons. The minimum atomic E-state index is -2.97. The highest BCUT2D eigenvalue weighted by Crippen LogP contribution is 2.30. The predicted octanol–water partition coefficient (Wildman–Crippen LogP) is 0.816. The molecule has 1 aliphatic rings. The first-order valence-corrected chi connectivity index (χ1v) is 8.94. The van der Waals surface area contributed by atoms with Gasteiger partial charge in [-0.15, -0.1) is 0 Å². The molecule has 1 atom stereocenters. The third kappa shape index (κ3) is 4.37. The zero-order valence-electron chi connectivity index (χ0n) is 12.7. The molecule has 0 aromatic heterocycles. The summed E-state index contributed by atoms with van der Waals surface area (Å²) in [7, 11) is -2.97. The lowest BCUT2D eigenvalue weighted by atomic mass is 10.2. The number of nitrogens with zero attached hydrogens (tertiary/aromatic N) is 1. The number of likely N-dealkylation sites (tertiary alicyclic amines) is 1. The van der Waals surface area contributed by atoms with Crippen LogP contribution in [0.1, 0.15) is 27.2 Å². The highest BCUT2D eigenvalue weighted by atomic mass is 28.4. The van der Waals surface area contributed by atoms with Gasteiger partial charge in [0.1, 0.15) is 5.67 Å². The van der Waals surface area contributed by atoms with Crippen LogP contribution in [-0.4, -0.2) is 62.7 Å². The molecule has 8 heteroatoms. The van der Waals surface area contributed by atoms with Gasteiger partial charge in [-0.2, -0.15) is 0 Å². The predicted molar refractivity (Wildman–Crippen MR) is 77.5 cm³/mol. The molecule has 1 heterocycles. The number of amides is 1. The van der Waals surface area contributed by atoms with Crippen molar-refractivity contribution < 1.29 is 28.0 Å². The topological polar surface area (TPSA) is 85.3 Å². The van der Waals surface area contributed by atoms with E-state index in [4.69, 9.17) is 18.4 Å². The lowest BCUT2D eigenvalue weighted by Gasteiger charge is -2.47. The molecule has 21 heavy (non-hydrogen) atoms. The van der Waals surface area contributed by atoms with E-state index >= 15 is 0 Å². The maximum Gasteiger partial charge on any atom is 0.524 e. The Balaban J connectivity index is 2.87. The standard InChI is InChI=1S/C13H23NO6Si/c1-4-18-21(19-5-2,20-6-3)12-9-10-14(12)11(15)7-8-13(16)17/h7-8,12H,4-6,9-10H2,1-3H3,(H,16,17)/b8-7-. The SMILES string of the molecule is CCO[Si](OCC)(OCC)C1CCN1C(=O)/C=C\C(=O)O. The van der Waals surface area contributed by atoms with Gasteiger partial charge in [0.15, 0.2) is 0 Å². The number of carboxylic acids is 1. The van der Waals surface area contributed by atoms with E-state index in [-0.39, 0.29) is 11.6 Å². The number of carbonyl (C=O) groups is 2. The van der Waals surface area contributed by atoms with Crippen molar-refractivity contribution in [2.45, 2.75) is 32.9 Å². The highest BCUT2D eigenvalue weighted by Gasteiger charge is 2.56. The van der Waals surface area contributed by atoms with Crippen LogP contribution < -0.4 is 0 Å². The Morgan fingerprint density at radius 1 is 1.14 bits per heavy atom. The highest BCUT2D eigenvalue weighted by molar-refractivity contribution is 6.63. The normalized spacial score (nSPS) is 18.8. The molecular formula is C13H23NO6Si. The summed E-state index contributed by atoms with van der Waals surface area (Å²) in [6.07, 6.45) is 2.62. The number of rotatable bonds is 9. The first kappa shape index (κ1) is 17.8. The second kappa shape index (κ2) is 8.28. The van der Waals surface area contributed by atoms with E-state index in [1.165, 1.54) is 0 Å². The Morgan fingerprint density at radius 2 is 1.67 bits per heavy atom. The maximum atomic E-state index is 12.0. The second-order valence-electron chi connectivity index (χ2n) is 4.41. The molecular weight excluding hydrogens is 294 g/mol. The molecule has 1 saturated heterocycles. The maximum absolute atomic E-state index is 12.0. The van der Waals surface area contributed by atoms with Crippen LogP contribution in [0.25, 0.3) is 0 Å². The van der Waals surface area contributed by atoms with Gasteiger partial charge in [0.25, 0.3) is 0 Å². The molecule has 0 aromatic rings. The Labute approximate surface area is 125 Å². The molecule has 1 aliphatic heterocycles. The monoisotopic (exact) mass is 317 g/mol. The van der Waals surface area contributed by atoms with E-state index in [1.807, 2.05) is 20.8 Å². The summed E-state index contributed by atoms with van der Waals surface area (Å²) in [5, 5.41) is 8.59. The average molecular weight is 317 g/mol. The molecule has 1 rings (SSSR count). The van der Waals surface area contributed by atoms with Crippen LogP contribution >= 0.6 is 0 Å². The van der Waals surface area contributed by atoms with Gasteiger partial charge in [-0.25, -0.2) is 4.79 Å². The van der Waals surface area contributed by atoms with Gasteiger partial charge in [0.05, 0.1) is 0 Å². The lowest BCUT2D eigenvalue weighted by Crippen LogP contribution is -2.69. The molecule has 1 N–H and O–H groups in total. The van der Waals surface area contributed by atoms with Crippen LogP contribution in [0.2, 0.25) is 0 Å². The molecule has 0 aromatic carbocycles. The van der Waals surface area contributed by atoms with Crippen LogP contribution in [0.5, 0.6) is 0 Å². The summed E-state index contributed by atoms with van der Waals surface area (Å²) in [6.45, 7) is 7.44. The molecule has 1 fully saturated rings. The van der Waals surface area contributed by atoms with E-state index in [0.29, 0.717) is 26.4 Å². The molecule has 120 valence electrons. The van der Waals surface area contributed by atoms with Crippen molar-refractivity contribution in [2.24, 2.45) is 0 Å². The van der Waals surface area contributed by atoms with E-state index in [9.17, 15) is 9.59 Å². The number of aliphatic carboxylic acids is 1. The number of hydrogen-bond donors (Lipinski definition) is 1. The molecule has 1 unspecified atom stereocenters. The molecule has 0 saturated carbocycles. The molecule has 0 bridgehead atoms. The average Bonchev–Trinajstić information content (AvgIpc) is 2.36. The summed E-state index contributed by atoms with van der Waals surface area (Å²) in [4.78, 5) is 24.1. The van der Waals surface area contributed by atoms with Crippen LogP contribution in [0.4, 0.5) is 0 Å². The van der Waals surface area contributed by atoms with E-state index < -0.39 is 14.8 Å². The minimum Gasteiger partial charge on any atom is -0.478 e. The summed E-state index contributed by atoms with van der Waals surface area (Å²) < 4.78 is 17.3. The van der Waals surface area contributed by atoms with Crippen molar-refractivity contribution in [3.05, 3.63) is 12.2 Å². The van der Waals surface area contributed by atoms with E-state index in [2.05, 4.69) is 0 Å². The van der Waals surface area contributed by atoms with Crippen LogP contribution in [0, 0.1) is 0 Å². The van der Waals surface area contributed by atoms with Gasteiger partial charge < -0.3 is 23.3 Å².